The lowest BCUT2D eigenvalue weighted by Crippen LogP contribution is -2.50. The minimum atomic E-state index is -2.94. The van der Waals surface area contributed by atoms with Crippen molar-refractivity contribution in [3.8, 4) is 0 Å². The summed E-state index contributed by atoms with van der Waals surface area (Å²) in [6, 6.07) is -0.461. The number of thiazole rings is 1. The van der Waals surface area contributed by atoms with Crippen LogP contribution in [0.4, 0.5) is 0 Å². The normalized spacial score (nSPS) is 23.7. The van der Waals surface area contributed by atoms with E-state index in [9.17, 15) is 13.2 Å². The summed E-state index contributed by atoms with van der Waals surface area (Å²) >= 11 is 1.81. The molecule has 4 heterocycles. The monoisotopic (exact) mass is 438 g/mol. The Labute approximate surface area is 176 Å². The van der Waals surface area contributed by atoms with Crippen LogP contribution in [0.1, 0.15) is 54.2 Å². The molecule has 2 aliphatic rings. The minimum Gasteiger partial charge on any atom is -0.341 e. The fraction of sp³-hybridized carbons (Fsp3) is 0.700. The summed E-state index contributed by atoms with van der Waals surface area (Å²) in [7, 11) is -2.94. The van der Waals surface area contributed by atoms with Crippen LogP contribution < -0.4 is 5.32 Å². The molecule has 29 heavy (non-hydrogen) atoms. The van der Waals surface area contributed by atoms with Crippen molar-refractivity contribution in [1.29, 1.82) is 0 Å². The largest absolute Gasteiger partial charge is 0.341 e. The van der Waals surface area contributed by atoms with E-state index < -0.39 is 9.84 Å². The van der Waals surface area contributed by atoms with E-state index in [0.29, 0.717) is 12.3 Å². The predicted molar refractivity (Wildman–Crippen MR) is 115 cm³/mol. The van der Waals surface area contributed by atoms with Crippen molar-refractivity contribution >= 4 is 31.9 Å². The number of rotatable bonds is 4. The van der Waals surface area contributed by atoms with E-state index in [1.54, 1.807) is 0 Å². The van der Waals surface area contributed by atoms with Crippen molar-refractivity contribution in [2.75, 3.05) is 24.6 Å². The van der Waals surface area contributed by atoms with E-state index >= 15 is 0 Å². The molecule has 0 spiro atoms. The second kappa shape index (κ2) is 7.67. The first-order valence-electron chi connectivity index (χ1n) is 10.4. The first-order chi connectivity index (χ1) is 13.7. The number of piperidine rings is 1. The van der Waals surface area contributed by atoms with Gasteiger partial charge in [-0.3, -0.25) is 9.20 Å². The Hall–Kier alpha value is -1.45. The van der Waals surface area contributed by atoms with Gasteiger partial charge in [0, 0.05) is 35.6 Å². The standard InChI is InChI=1S/C20H30N4O3S2/c1-12(21-17-7-10-29(26,27)11-17)19(25)23-8-5-16(6-9-23)18-20-24(15(4)22-18)13(2)14(3)28-20/h12,16-17,21H,5-11H2,1-4H3/t12-,17+/m1/s1. The molecule has 0 aliphatic carbocycles. The molecule has 1 N–H and O–H groups in total. The summed E-state index contributed by atoms with van der Waals surface area (Å²) in [5.41, 5.74) is 2.45. The third-order valence-corrected chi connectivity index (χ3v) is 9.36. The molecule has 160 valence electrons. The van der Waals surface area contributed by atoms with E-state index in [1.165, 1.54) is 21.1 Å². The second-order valence-electron chi connectivity index (χ2n) is 8.52. The molecule has 0 bridgehead atoms. The Morgan fingerprint density at radius 1 is 1.21 bits per heavy atom. The SMILES string of the molecule is Cc1sc2c(C3CCN(C(=O)[C@@H](C)N[C@H]4CCS(=O)(=O)C4)CC3)nc(C)n2c1C. The quantitative estimate of drug-likeness (QED) is 0.791. The highest BCUT2D eigenvalue weighted by atomic mass is 32.2. The van der Waals surface area contributed by atoms with Gasteiger partial charge in [0.05, 0.1) is 23.2 Å². The molecule has 0 aromatic carbocycles. The zero-order valence-electron chi connectivity index (χ0n) is 17.6. The first kappa shape index (κ1) is 20.8. The number of hydrogen-bond donors (Lipinski definition) is 1. The molecule has 7 nitrogen and oxygen atoms in total. The second-order valence-corrected chi connectivity index (χ2v) is 11.9. The number of sulfone groups is 1. The van der Waals surface area contributed by atoms with Gasteiger partial charge < -0.3 is 10.2 Å². The third-order valence-electron chi connectivity index (χ3n) is 6.40. The lowest BCUT2D eigenvalue weighted by Gasteiger charge is -2.33. The first-order valence-corrected chi connectivity index (χ1v) is 13.0. The van der Waals surface area contributed by atoms with Gasteiger partial charge in [-0.15, -0.1) is 11.3 Å². The van der Waals surface area contributed by atoms with Crippen molar-refractivity contribution in [2.24, 2.45) is 0 Å². The van der Waals surface area contributed by atoms with Gasteiger partial charge in [0.25, 0.3) is 0 Å². The van der Waals surface area contributed by atoms with E-state index in [4.69, 9.17) is 4.98 Å². The van der Waals surface area contributed by atoms with Crippen LogP contribution >= 0.6 is 11.3 Å². The van der Waals surface area contributed by atoms with Gasteiger partial charge in [-0.2, -0.15) is 0 Å². The molecule has 2 aromatic rings. The zero-order valence-corrected chi connectivity index (χ0v) is 19.2. The summed E-state index contributed by atoms with van der Waals surface area (Å²) in [5.74, 6) is 1.85. The van der Waals surface area contributed by atoms with Gasteiger partial charge in [-0.25, -0.2) is 13.4 Å². The molecule has 2 saturated heterocycles. The molecule has 0 saturated carbocycles. The van der Waals surface area contributed by atoms with Crippen molar-refractivity contribution in [2.45, 2.75) is 65.0 Å². The number of likely N-dealkylation sites (tertiary alicyclic amines) is 1. The molecule has 0 unspecified atom stereocenters. The van der Waals surface area contributed by atoms with Gasteiger partial charge in [0.1, 0.15) is 10.7 Å². The van der Waals surface area contributed by atoms with Crippen LogP contribution in [0.3, 0.4) is 0 Å². The average Bonchev–Trinajstić information content (AvgIpc) is 3.28. The van der Waals surface area contributed by atoms with Gasteiger partial charge >= 0.3 is 0 Å². The molecule has 0 radical (unpaired) electrons. The highest BCUT2D eigenvalue weighted by molar-refractivity contribution is 7.91. The molecule has 2 aliphatic heterocycles. The summed E-state index contributed by atoms with van der Waals surface area (Å²) in [6.45, 7) is 9.65. The Kier molecular flexibility index (Phi) is 5.50. The number of carbonyl (C=O) groups is 1. The van der Waals surface area contributed by atoms with Crippen LogP contribution in [-0.2, 0) is 14.6 Å². The lowest BCUT2D eigenvalue weighted by molar-refractivity contribution is -0.134. The molecule has 4 rings (SSSR count). The maximum atomic E-state index is 12.9. The van der Waals surface area contributed by atoms with E-state index in [2.05, 4.69) is 30.5 Å². The molecule has 9 heteroatoms. The number of hydrogen-bond acceptors (Lipinski definition) is 6. The van der Waals surface area contributed by atoms with Gasteiger partial charge in [-0.05, 0) is 47.0 Å². The molecular weight excluding hydrogens is 408 g/mol. The fourth-order valence-electron chi connectivity index (χ4n) is 4.67. The maximum Gasteiger partial charge on any atom is 0.239 e. The molecule has 2 aromatic heterocycles. The van der Waals surface area contributed by atoms with Crippen molar-refractivity contribution in [1.82, 2.24) is 19.6 Å². The topological polar surface area (TPSA) is 83.8 Å². The van der Waals surface area contributed by atoms with Crippen molar-refractivity contribution < 1.29 is 13.2 Å². The zero-order chi connectivity index (χ0) is 20.9. The van der Waals surface area contributed by atoms with Gasteiger partial charge in [0.2, 0.25) is 5.91 Å². The maximum absolute atomic E-state index is 12.9. The molecule has 2 fully saturated rings. The van der Waals surface area contributed by atoms with E-state index in [1.807, 2.05) is 23.2 Å². The smallest absolute Gasteiger partial charge is 0.239 e. The lowest BCUT2D eigenvalue weighted by atomic mass is 9.93. The van der Waals surface area contributed by atoms with Crippen LogP contribution in [0.15, 0.2) is 0 Å². The molecule has 2 atom stereocenters. The highest BCUT2D eigenvalue weighted by Gasteiger charge is 2.33. The number of fused-ring (bicyclic) bond motifs is 1. The predicted octanol–water partition coefficient (Wildman–Crippen LogP) is 2.19. The number of aryl methyl sites for hydroxylation is 3. The fourth-order valence-corrected chi connectivity index (χ4v) is 7.56. The Bertz CT molecular complexity index is 1030. The Morgan fingerprint density at radius 3 is 2.52 bits per heavy atom. The summed E-state index contributed by atoms with van der Waals surface area (Å²) in [4.78, 5) is 22.2. The molecule has 1 amide bonds. The summed E-state index contributed by atoms with van der Waals surface area (Å²) < 4.78 is 25.5. The number of aromatic nitrogens is 2. The molecular formula is C20H30N4O3S2. The number of amides is 1. The van der Waals surface area contributed by atoms with Crippen LogP contribution in [0.5, 0.6) is 0 Å². The van der Waals surface area contributed by atoms with E-state index in [-0.39, 0.29) is 29.5 Å². The van der Waals surface area contributed by atoms with Crippen LogP contribution in [-0.4, -0.2) is 65.3 Å². The van der Waals surface area contributed by atoms with Gasteiger partial charge in [0.15, 0.2) is 9.84 Å². The minimum absolute atomic E-state index is 0.0710. The van der Waals surface area contributed by atoms with Crippen LogP contribution in [0.2, 0.25) is 0 Å². The van der Waals surface area contributed by atoms with Gasteiger partial charge in [-0.1, -0.05) is 0 Å². The summed E-state index contributed by atoms with van der Waals surface area (Å²) in [5, 5.41) is 3.23. The number of carbonyl (C=O) groups excluding carboxylic acids is 1. The Balaban J connectivity index is 1.38. The highest BCUT2D eigenvalue weighted by Crippen LogP contribution is 2.35. The number of imidazole rings is 1. The van der Waals surface area contributed by atoms with E-state index in [0.717, 1.165) is 31.8 Å². The summed E-state index contributed by atoms with van der Waals surface area (Å²) in [6.07, 6.45) is 2.42. The van der Waals surface area contributed by atoms with Crippen molar-refractivity contribution in [3.05, 3.63) is 22.1 Å². The third kappa shape index (κ3) is 3.96. The van der Waals surface area contributed by atoms with Crippen LogP contribution in [0, 0.1) is 20.8 Å². The number of nitrogens with one attached hydrogen (secondary N) is 1. The van der Waals surface area contributed by atoms with Crippen molar-refractivity contribution in [3.63, 3.8) is 0 Å². The average molecular weight is 439 g/mol. The number of nitrogens with zero attached hydrogens (tertiary/aromatic N) is 3. The Morgan fingerprint density at radius 2 is 1.90 bits per heavy atom. The van der Waals surface area contributed by atoms with Crippen LogP contribution in [0.25, 0.3) is 4.83 Å².